The molecule has 2 rings (SSSR count). The molecule has 1 fully saturated rings. The lowest BCUT2D eigenvalue weighted by atomic mass is 10.1. The van der Waals surface area contributed by atoms with E-state index in [0.29, 0.717) is 13.2 Å². The number of benzene rings is 1. The molecule has 0 radical (unpaired) electrons. The lowest BCUT2D eigenvalue weighted by molar-refractivity contribution is -0.384. The Bertz CT molecular complexity index is 520. The number of hydrogen-bond donors (Lipinski definition) is 0. The van der Waals surface area contributed by atoms with Gasteiger partial charge in [0, 0.05) is 12.1 Å². The van der Waals surface area contributed by atoms with Crippen molar-refractivity contribution in [2.45, 2.75) is 31.8 Å². The Morgan fingerprint density at radius 1 is 1.25 bits per heavy atom. The molecular formula is C13H18NO5P. The van der Waals surface area contributed by atoms with E-state index in [4.69, 9.17) is 9.05 Å². The van der Waals surface area contributed by atoms with Crippen LogP contribution in [0.25, 0.3) is 0 Å². The summed E-state index contributed by atoms with van der Waals surface area (Å²) in [6, 6.07) is 6.37. The van der Waals surface area contributed by atoms with Crippen LogP contribution in [0.15, 0.2) is 24.3 Å². The van der Waals surface area contributed by atoms with Gasteiger partial charge in [-0.25, -0.2) is 0 Å². The minimum absolute atomic E-state index is 0.0590. The second-order valence-corrected chi connectivity index (χ2v) is 6.89. The summed E-state index contributed by atoms with van der Waals surface area (Å²) < 4.78 is 23.2. The Hall–Kier alpha value is -1.23. The molecule has 0 aromatic heterocycles. The van der Waals surface area contributed by atoms with Crippen molar-refractivity contribution < 1.29 is 18.5 Å². The first kappa shape index (κ1) is 15.2. The topological polar surface area (TPSA) is 78.7 Å². The van der Waals surface area contributed by atoms with Crippen LogP contribution >= 0.6 is 7.60 Å². The van der Waals surface area contributed by atoms with Crippen LogP contribution in [0, 0.1) is 10.1 Å². The van der Waals surface area contributed by atoms with E-state index in [2.05, 4.69) is 0 Å². The summed E-state index contributed by atoms with van der Waals surface area (Å²) in [5.74, 6) is 0.0970. The maximum atomic E-state index is 12.6. The molecule has 0 saturated heterocycles. The minimum Gasteiger partial charge on any atom is -0.309 e. The Balaban J connectivity index is 2.10. The molecule has 7 heteroatoms. The van der Waals surface area contributed by atoms with Crippen LogP contribution < -0.4 is 0 Å². The lowest BCUT2D eigenvalue weighted by Gasteiger charge is -2.16. The van der Waals surface area contributed by atoms with Gasteiger partial charge >= 0.3 is 7.60 Å². The van der Waals surface area contributed by atoms with Gasteiger partial charge in [-0.2, -0.15) is 0 Å². The largest absolute Gasteiger partial charge is 0.334 e. The third kappa shape index (κ3) is 3.08. The smallest absolute Gasteiger partial charge is 0.309 e. The van der Waals surface area contributed by atoms with Gasteiger partial charge in [-0.1, -0.05) is 12.1 Å². The Kier molecular flexibility index (Phi) is 4.58. The highest BCUT2D eigenvalue weighted by atomic mass is 31.2. The van der Waals surface area contributed by atoms with Gasteiger partial charge in [-0.15, -0.1) is 0 Å². The lowest BCUT2D eigenvalue weighted by Crippen LogP contribution is -2.02. The molecule has 6 nitrogen and oxygen atoms in total. The van der Waals surface area contributed by atoms with Crippen LogP contribution in [0.4, 0.5) is 5.69 Å². The van der Waals surface area contributed by atoms with Crippen molar-refractivity contribution in [1.29, 1.82) is 0 Å². The number of rotatable bonds is 7. The van der Waals surface area contributed by atoms with Gasteiger partial charge in [-0.3, -0.25) is 14.7 Å². The van der Waals surface area contributed by atoms with Crippen LogP contribution in [-0.4, -0.2) is 23.8 Å². The third-order valence-electron chi connectivity index (χ3n) is 3.31. The summed E-state index contributed by atoms with van der Waals surface area (Å²) in [6.07, 6.45) is 0.731. The second-order valence-electron chi connectivity index (χ2n) is 4.63. The van der Waals surface area contributed by atoms with Crippen LogP contribution in [0.2, 0.25) is 0 Å². The predicted molar refractivity (Wildman–Crippen MR) is 75.1 cm³/mol. The normalized spacial score (nSPS) is 21.7. The van der Waals surface area contributed by atoms with E-state index in [9.17, 15) is 14.7 Å². The Morgan fingerprint density at radius 2 is 1.80 bits per heavy atom. The average Bonchev–Trinajstić information content (AvgIpc) is 3.20. The van der Waals surface area contributed by atoms with Gasteiger partial charge in [0.2, 0.25) is 0 Å². The van der Waals surface area contributed by atoms with Gasteiger partial charge in [0.25, 0.3) is 5.69 Å². The van der Waals surface area contributed by atoms with E-state index in [1.54, 1.807) is 26.0 Å². The summed E-state index contributed by atoms with van der Waals surface area (Å²) in [6.45, 7) is 4.27. The molecule has 110 valence electrons. The first-order chi connectivity index (χ1) is 9.51. The molecule has 1 aromatic carbocycles. The molecule has 0 N–H and O–H groups in total. The zero-order chi connectivity index (χ0) is 14.8. The molecule has 1 saturated carbocycles. The molecule has 0 spiro atoms. The highest BCUT2D eigenvalue weighted by Gasteiger charge is 2.53. The quantitative estimate of drug-likeness (QED) is 0.435. The zero-order valence-electron chi connectivity index (χ0n) is 11.5. The molecule has 0 heterocycles. The standard InChI is InChI=1S/C13H18NO5P/c1-3-18-20(17,19-4-2)13-9-12(13)10-5-7-11(8-6-10)14(15)16/h5-8,12-13H,3-4,9H2,1-2H3/t12-,13+/m1/s1. The third-order valence-corrected chi connectivity index (χ3v) is 5.93. The van der Waals surface area contributed by atoms with E-state index in [1.807, 2.05) is 0 Å². The van der Waals surface area contributed by atoms with Crippen LogP contribution in [0.5, 0.6) is 0 Å². The first-order valence-electron chi connectivity index (χ1n) is 6.65. The number of non-ortho nitro benzene ring substituents is 1. The Morgan fingerprint density at radius 3 is 2.25 bits per heavy atom. The summed E-state index contributed by atoms with van der Waals surface area (Å²) in [5, 5.41) is 10.6. The van der Waals surface area contributed by atoms with E-state index in [-0.39, 0.29) is 17.3 Å². The van der Waals surface area contributed by atoms with Crippen molar-refractivity contribution in [2.24, 2.45) is 0 Å². The molecule has 1 aromatic rings. The molecule has 1 aliphatic carbocycles. The average molecular weight is 299 g/mol. The summed E-state index contributed by atoms with van der Waals surface area (Å²) in [7, 11) is -3.07. The number of nitro benzene ring substituents is 1. The fourth-order valence-electron chi connectivity index (χ4n) is 2.32. The molecule has 0 bridgehead atoms. The monoisotopic (exact) mass is 299 g/mol. The maximum Gasteiger partial charge on any atom is 0.334 e. The van der Waals surface area contributed by atoms with E-state index in [0.717, 1.165) is 12.0 Å². The highest BCUT2D eigenvalue weighted by molar-refractivity contribution is 7.55. The van der Waals surface area contributed by atoms with Crippen molar-refractivity contribution in [3.8, 4) is 0 Å². The van der Waals surface area contributed by atoms with Crippen LogP contribution in [0.1, 0.15) is 31.7 Å². The van der Waals surface area contributed by atoms with Gasteiger partial charge in [0.15, 0.2) is 0 Å². The second kappa shape index (κ2) is 6.04. The van der Waals surface area contributed by atoms with Crippen molar-refractivity contribution in [3.05, 3.63) is 39.9 Å². The summed E-state index contributed by atoms with van der Waals surface area (Å²) in [4.78, 5) is 10.2. The molecule has 2 atom stereocenters. The van der Waals surface area contributed by atoms with Gasteiger partial charge in [-0.05, 0) is 31.7 Å². The molecule has 0 unspecified atom stereocenters. The van der Waals surface area contributed by atoms with Gasteiger partial charge < -0.3 is 9.05 Å². The molecule has 0 amide bonds. The SMILES string of the molecule is CCOP(=O)(OCC)[C@H]1C[C@@H]1c1ccc([N+](=O)[O-])cc1. The van der Waals surface area contributed by atoms with Gasteiger partial charge in [0.05, 0.1) is 23.8 Å². The molecular weight excluding hydrogens is 281 g/mol. The number of nitro groups is 1. The summed E-state index contributed by atoms with van der Waals surface area (Å²) >= 11 is 0. The van der Waals surface area contributed by atoms with Crippen LogP contribution in [0.3, 0.4) is 0 Å². The van der Waals surface area contributed by atoms with Crippen molar-refractivity contribution in [3.63, 3.8) is 0 Å². The summed E-state index contributed by atoms with van der Waals surface area (Å²) in [5.41, 5.74) is 0.868. The zero-order valence-corrected chi connectivity index (χ0v) is 12.4. The van der Waals surface area contributed by atoms with Crippen molar-refractivity contribution in [1.82, 2.24) is 0 Å². The van der Waals surface area contributed by atoms with Crippen molar-refractivity contribution in [2.75, 3.05) is 13.2 Å². The molecule has 1 aliphatic rings. The van der Waals surface area contributed by atoms with E-state index < -0.39 is 12.5 Å². The fourth-order valence-corrected chi connectivity index (χ4v) is 4.60. The van der Waals surface area contributed by atoms with E-state index in [1.165, 1.54) is 12.1 Å². The predicted octanol–water partition coefficient (Wildman–Crippen LogP) is 3.72. The first-order valence-corrected chi connectivity index (χ1v) is 8.26. The number of hydrogen-bond acceptors (Lipinski definition) is 5. The molecule has 20 heavy (non-hydrogen) atoms. The van der Waals surface area contributed by atoms with Crippen molar-refractivity contribution >= 4 is 13.3 Å². The minimum atomic E-state index is -3.07. The molecule has 0 aliphatic heterocycles. The van der Waals surface area contributed by atoms with E-state index >= 15 is 0 Å². The van der Waals surface area contributed by atoms with Crippen LogP contribution in [-0.2, 0) is 13.6 Å². The fraction of sp³-hybridized carbons (Fsp3) is 0.538. The van der Waals surface area contributed by atoms with Gasteiger partial charge in [0.1, 0.15) is 0 Å². The maximum absolute atomic E-state index is 12.6. The number of nitrogens with zero attached hydrogens (tertiary/aromatic N) is 1. The Labute approximate surface area is 117 Å². The highest BCUT2D eigenvalue weighted by Crippen LogP contribution is 2.68.